The zero-order chi connectivity index (χ0) is 20.8. The van der Waals surface area contributed by atoms with E-state index in [1.807, 2.05) is 49.3 Å². The van der Waals surface area contributed by atoms with E-state index in [0.717, 1.165) is 11.4 Å². The van der Waals surface area contributed by atoms with Gasteiger partial charge >= 0.3 is 6.09 Å². The van der Waals surface area contributed by atoms with Crippen molar-refractivity contribution in [3.8, 4) is 0 Å². The molecule has 0 radical (unpaired) electrons. The Balaban J connectivity index is 1.51. The summed E-state index contributed by atoms with van der Waals surface area (Å²) in [5.74, 6) is 0.280. The Morgan fingerprint density at radius 2 is 2.07 bits per heavy atom. The van der Waals surface area contributed by atoms with E-state index in [1.165, 1.54) is 0 Å². The van der Waals surface area contributed by atoms with Crippen LogP contribution in [-0.4, -0.2) is 54.6 Å². The van der Waals surface area contributed by atoms with E-state index in [1.54, 1.807) is 22.2 Å². The second kappa shape index (κ2) is 7.20. The van der Waals surface area contributed by atoms with Crippen LogP contribution in [0, 0.1) is 5.92 Å². The Bertz CT molecular complexity index is 898. The van der Waals surface area contributed by atoms with Crippen LogP contribution in [0.15, 0.2) is 24.7 Å². The molecule has 1 fully saturated rings. The van der Waals surface area contributed by atoms with Crippen molar-refractivity contribution < 1.29 is 14.3 Å². The Hall–Kier alpha value is -2.84. The fourth-order valence-electron chi connectivity index (χ4n) is 3.99. The van der Waals surface area contributed by atoms with Gasteiger partial charge in [-0.15, -0.1) is 0 Å². The molecule has 156 valence electrons. The molecule has 2 aliphatic heterocycles. The number of carbonyl (C=O) groups excluding carboxylic acids is 2. The maximum atomic E-state index is 12.7. The summed E-state index contributed by atoms with van der Waals surface area (Å²) < 4.78 is 9.33. The second-order valence-corrected chi connectivity index (χ2v) is 8.92. The molecule has 1 saturated heterocycles. The highest BCUT2D eigenvalue weighted by atomic mass is 16.6. The lowest BCUT2D eigenvalue weighted by Crippen LogP contribution is -2.47. The molecule has 2 aromatic rings. The zero-order valence-electron chi connectivity index (χ0n) is 17.4. The highest BCUT2D eigenvalue weighted by Crippen LogP contribution is 2.32. The lowest BCUT2D eigenvalue weighted by Gasteiger charge is -2.36. The summed E-state index contributed by atoms with van der Waals surface area (Å²) in [7, 11) is 0. The fourth-order valence-corrected chi connectivity index (χ4v) is 3.99. The van der Waals surface area contributed by atoms with Gasteiger partial charge in [0.25, 0.3) is 0 Å². The van der Waals surface area contributed by atoms with Crippen molar-refractivity contribution in [3.63, 3.8) is 0 Å². The van der Waals surface area contributed by atoms with Crippen LogP contribution < -0.4 is 4.90 Å². The molecule has 2 atom stereocenters. The van der Waals surface area contributed by atoms with E-state index in [4.69, 9.17) is 4.74 Å². The molecule has 2 aliphatic rings. The topological polar surface area (TPSA) is 85.5 Å². The third-order valence-electron chi connectivity index (χ3n) is 5.34. The van der Waals surface area contributed by atoms with Gasteiger partial charge in [0.15, 0.2) is 0 Å². The molecule has 2 amide bonds. The number of carbonyl (C=O) groups is 2. The van der Waals surface area contributed by atoms with E-state index < -0.39 is 5.60 Å². The van der Waals surface area contributed by atoms with Crippen LogP contribution in [0.1, 0.15) is 39.8 Å². The molecule has 0 aliphatic carbocycles. The van der Waals surface area contributed by atoms with E-state index in [2.05, 4.69) is 10.2 Å². The predicted octanol–water partition coefficient (Wildman–Crippen LogP) is 2.27. The molecule has 0 aromatic carbocycles. The van der Waals surface area contributed by atoms with E-state index >= 15 is 0 Å². The first kappa shape index (κ1) is 19.5. The van der Waals surface area contributed by atoms with Crippen LogP contribution >= 0.6 is 0 Å². The average Bonchev–Trinajstić information content (AvgIpc) is 3.33. The van der Waals surface area contributed by atoms with Gasteiger partial charge in [-0.05, 0) is 33.8 Å². The molecular weight excluding hydrogens is 372 g/mol. The lowest BCUT2D eigenvalue weighted by atomic mass is 10.1. The summed E-state index contributed by atoms with van der Waals surface area (Å²) in [4.78, 5) is 28.9. The van der Waals surface area contributed by atoms with Gasteiger partial charge in [0.1, 0.15) is 5.60 Å². The summed E-state index contributed by atoms with van der Waals surface area (Å²) >= 11 is 0. The van der Waals surface area contributed by atoms with Gasteiger partial charge in [-0.3, -0.25) is 19.1 Å². The molecule has 2 aromatic heterocycles. The fraction of sp³-hybridized carbons (Fsp3) is 0.600. The molecule has 0 spiro atoms. The van der Waals surface area contributed by atoms with Crippen LogP contribution in [0.25, 0.3) is 0 Å². The highest BCUT2D eigenvalue weighted by Gasteiger charge is 2.37. The van der Waals surface area contributed by atoms with Gasteiger partial charge in [-0.25, -0.2) is 4.79 Å². The average molecular weight is 400 g/mol. The molecular formula is C20H28N6O3. The largest absolute Gasteiger partial charge is 0.444 e. The molecule has 4 rings (SSSR count). The molecule has 9 heteroatoms. The van der Waals surface area contributed by atoms with Crippen molar-refractivity contribution in [3.05, 3.63) is 30.4 Å². The zero-order valence-corrected chi connectivity index (χ0v) is 17.4. The first-order chi connectivity index (χ1) is 13.7. The number of hydrogen-bond acceptors (Lipinski definition) is 5. The van der Waals surface area contributed by atoms with Crippen molar-refractivity contribution in [2.75, 3.05) is 11.4 Å². The summed E-state index contributed by atoms with van der Waals surface area (Å²) in [6.07, 6.45) is 5.54. The summed E-state index contributed by atoms with van der Waals surface area (Å²) in [6, 6.07) is 1.85. The quantitative estimate of drug-likeness (QED) is 0.789. The van der Waals surface area contributed by atoms with Gasteiger partial charge in [0, 0.05) is 37.8 Å². The number of aromatic nitrogens is 4. The smallest absolute Gasteiger partial charge is 0.410 e. The van der Waals surface area contributed by atoms with Crippen molar-refractivity contribution in [1.29, 1.82) is 0 Å². The standard InChI is InChI=1S/C20H28N6O3/c1-14-10-26-17(13-24(14)19(28)29-20(2,3)4)16(9-22-26)25-12-15(8-18(25)27)11-23-7-5-6-21-23/h5-7,9,14-15H,8,10-13H2,1-4H3/t14-,15?/m0/s1. The van der Waals surface area contributed by atoms with E-state index in [0.29, 0.717) is 32.6 Å². The number of amides is 2. The monoisotopic (exact) mass is 400 g/mol. The first-order valence-electron chi connectivity index (χ1n) is 10.0. The SMILES string of the molecule is C[C@H]1Cn2ncc(N3CC(Cn4cccn4)CC3=O)c2CN1C(=O)OC(C)(C)C. The molecule has 1 unspecified atom stereocenters. The van der Waals surface area contributed by atoms with Crippen molar-refractivity contribution in [1.82, 2.24) is 24.5 Å². The number of anilines is 1. The number of ether oxygens (including phenoxy) is 1. The van der Waals surface area contributed by atoms with Crippen molar-refractivity contribution >= 4 is 17.7 Å². The van der Waals surface area contributed by atoms with Crippen LogP contribution in [0.4, 0.5) is 10.5 Å². The molecule has 0 saturated carbocycles. The normalized spacial score (nSPS) is 22.1. The van der Waals surface area contributed by atoms with E-state index in [9.17, 15) is 9.59 Å². The molecule has 9 nitrogen and oxygen atoms in total. The highest BCUT2D eigenvalue weighted by molar-refractivity contribution is 5.96. The summed E-state index contributed by atoms with van der Waals surface area (Å²) in [5.41, 5.74) is 1.11. The van der Waals surface area contributed by atoms with E-state index in [-0.39, 0.29) is 24.0 Å². The number of nitrogens with zero attached hydrogens (tertiary/aromatic N) is 6. The van der Waals surface area contributed by atoms with Crippen LogP contribution in [0.2, 0.25) is 0 Å². The van der Waals surface area contributed by atoms with Crippen LogP contribution in [-0.2, 0) is 29.2 Å². The van der Waals surface area contributed by atoms with Crippen LogP contribution in [0.3, 0.4) is 0 Å². The Kier molecular flexibility index (Phi) is 4.84. The maximum absolute atomic E-state index is 12.7. The summed E-state index contributed by atoms with van der Waals surface area (Å²) in [6.45, 7) is 9.84. The third-order valence-corrected chi connectivity index (χ3v) is 5.34. The Morgan fingerprint density at radius 3 is 2.76 bits per heavy atom. The second-order valence-electron chi connectivity index (χ2n) is 8.92. The van der Waals surface area contributed by atoms with Crippen molar-refractivity contribution in [2.45, 2.75) is 65.4 Å². The van der Waals surface area contributed by atoms with Gasteiger partial charge in [-0.2, -0.15) is 10.2 Å². The van der Waals surface area contributed by atoms with Gasteiger partial charge in [-0.1, -0.05) is 0 Å². The summed E-state index contributed by atoms with van der Waals surface area (Å²) in [5, 5.41) is 8.72. The van der Waals surface area contributed by atoms with Gasteiger partial charge in [0.2, 0.25) is 5.91 Å². The molecule has 4 heterocycles. The maximum Gasteiger partial charge on any atom is 0.410 e. The van der Waals surface area contributed by atoms with Crippen molar-refractivity contribution in [2.24, 2.45) is 5.92 Å². The minimum atomic E-state index is -0.554. The third kappa shape index (κ3) is 3.99. The van der Waals surface area contributed by atoms with Gasteiger partial charge < -0.3 is 9.64 Å². The Morgan fingerprint density at radius 1 is 1.28 bits per heavy atom. The molecule has 29 heavy (non-hydrogen) atoms. The van der Waals surface area contributed by atoms with Crippen LogP contribution in [0.5, 0.6) is 0 Å². The molecule has 0 N–H and O–H groups in total. The van der Waals surface area contributed by atoms with Gasteiger partial charge in [0.05, 0.1) is 36.7 Å². The minimum Gasteiger partial charge on any atom is -0.444 e. The number of fused-ring (bicyclic) bond motifs is 1. The lowest BCUT2D eigenvalue weighted by molar-refractivity contribution is -0.117. The first-order valence-corrected chi connectivity index (χ1v) is 10.0. The predicted molar refractivity (Wildman–Crippen MR) is 106 cm³/mol. The number of rotatable bonds is 3. The minimum absolute atomic E-state index is 0.0352. The Labute approximate surface area is 170 Å². The molecule has 0 bridgehead atoms. The number of hydrogen-bond donors (Lipinski definition) is 0.